The molecule has 0 radical (unpaired) electrons. The summed E-state index contributed by atoms with van der Waals surface area (Å²) in [6.07, 6.45) is 1.95. The summed E-state index contributed by atoms with van der Waals surface area (Å²) in [5, 5.41) is 0.0891. The van der Waals surface area contributed by atoms with E-state index in [4.69, 9.17) is 22.2 Å². The molecule has 106 valence electrons. The highest BCUT2D eigenvalue weighted by Gasteiger charge is 2.19. The van der Waals surface area contributed by atoms with Gasteiger partial charge in [-0.15, -0.1) is 0 Å². The third-order valence-electron chi connectivity index (χ3n) is 3.01. The largest absolute Gasteiger partial charge is 0.495 e. The lowest BCUT2D eigenvalue weighted by Gasteiger charge is -2.18. The second-order valence-corrected chi connectivity index (χ2v) is 4.63. The molecule has 0 saturated heterocycles. The molecule has 20 heavy (non-hydrogen) atoms. The van der Waals surface area contributed by atoms with Gasteiger partial charge in [-0.2, -0.15) is 0 Å². The zero-order chi connectivity index (χ0) is 14.5. The fraction of sp³-hybridized carbons (Fsp3) is 0.214. The molecule has 2 aromatic rings. The van der Waals surface area contributed by atoms with Crippen LogP contribution < -0.4 is 16.0 Å². The molecule has 6 heteroatoms. The Morgan fingerprint density at radius 1 is 1.40 bits per heavy atom. The van der Waals surface area contributed by atoms with Crippen LogP contribution in [0.4, 0.5) is 4.39 Å². The number of ether oxygens (including phenoxy) is 1. The number of pyridine rings is 1. The fourth-order valence-corrected chi connectivity index (χ4v) is 2.19. The lowest BCUT2D eigenvalue weighted by Crippen LogP contribution is -2.30. The van der Waals surface area contributed by atoms with Gasteiger partial charge in [0.25, 0.3) is 0 Å². The second kappa shape index (κ2) is 6.65. The molecule has 0 aliphatic carbocycles. The Balaban J connectivity index is 2.31. The normalized spacial score (nSPS) is 12.2. The number of methoxy groups -OCH3 is 1. The monoisotopic (exact) mass is 295 g/mol. The highest BCUT2D eigenvalue weighted by molar-refractivity contribution is 6.30. The van der Waals surface area contributed by atoms with Gasteiger partial charge in [-0.3, -0.25) is 16.3 Å². The molecule has 0 aliphatic rings. The summed E-state index contributed by atoms with van der Waals surface area (Å²) in [4.78, 5) is 4.25. The van der Waals surface area contributed by atoms with Crippen LogP contribution in [0.3, 0.4) is 0 Å². The molecule has 0 fully saturated rings. The molecule has 0 spiro atoms. The van der Waals surface area contributed by atoms with E-state index in [0.29, 0.717) is 23.4 Å². The van der Waals surface area contributed by atoms with E-state index in [9.17, 15) is 4.39 Å². The molecule has 4 nitrogen and oxygen atoms in total. The first-order chi connectivity index (χ1) is 9.67. The van der Waals surface area contributed by atoms with Crippen LogP contribution in [0.25, 0.3) is 0 Å². The SMILES string of the molecule is COc1cccnc1C(Cc1cccc(Cl)c1F)NN. The third-order valence-corrected chi connectivity index (χ3v) is 3.30. The summed E-state index contributed by atoms with van der Waals surface area (Å²) in [5.41, 5.74) is 3.72. The zero-order valence-corrected chi connectivity index (χ0v) is 11.7. The summed E-state index contributed by atoms with van der Waals surface area (Å²) in [6.45, 7) is 0. The molecule has 1 aromatic heterocycles. The number of nitrogens with zero attached hydrogens (tertiary/aromatic N) is 1. The average Bonchev–Trinajstić information content (AvgIpc) is 2.49. The third kappa shape index (κ3) is 3.07. The van der Waals surface area contributed by atoms with E-state index in [1.54, 1.807) is 37.6 Å². The fourth-order valence-electron chi connectivity index (χ4n) is 2.00. The van der Waals surface area contributed by atoms with Crippen LogP contribution in [0.1, 0.15) is 17.3 Å². The average molecular weight is 296 g/mol. The molecule has 0 saturated carbocycles. The smallest absolute Gasteiger partial charge is 0.145 e. The van der Waals surface area contributed by atoms with E-state index < -0.39 is 5.82 Å². The molecular weight excluding hydrogens is 281 g/mol. The topological polar surface area (TPSA) is 60.2 Å². The Labute approximate surface area is 121 Å². The quantitative estimate of drug-likeness (QED) is 0.657. The predicted molar refractivity (Wildman–Crippen MR) is 76.0 cm³/mol. The number of nitrogens with two attached hydrogens (primary N) is 1. The van der Waals surface area contributed by atoms with Crippen LogP contribution in [0.5, 0.6) is 5.75 Å². The van der Waals surface area contributed by atoms with Crippen LogP contribution in [-0.4, -0.2) is 12.1 Å². The molecule has 0 bridgehead atoms. The van der Waals surface area contributed by atoms with Gasteiger partial charge in [0, 0.05) is 6.20 Å². The molecular formula is C14H15ClFN3O. The molecule has 1 unspecified atom stereocenters. The van der Waals surface area contributed by atoms with E-state index in [-0.39, 0.29) is 11.1 Å². The van der Waals surface area contributed by atoms with Crippen molar-refractivity contribution in [3.8, 4) is 5.75 Å². The van der Waals surface area contributed by atoms with Crippen molar-refractivity contribution < 1.29 is 9.13 Å². The summed E-state index contributed by atoms with van der Waals surface area (Å²) < 4.78 is 19.2. The van der Waals surface area contributed by atoms with Crippen LogP contribution >= 0.6 is 11.6 Å². The molecule has 1 aromatic carbocycles. The van der Waals surface area contributed by atoms with E-state index >= 15 is 0 Å². The first kappa shape index (κ1) is 14.7. The van der Waals surface area contributed by atoms with Gasteiger partial charge in [0.05, 0.1) is 18.2 Å². The minimum absolute atomic E-state index is 0.0891. The minimum Gasteiger partial charge on any atom is -0.495 e. The Kier molecular flexibility index (Phi) is 4.89. The van der Waals surface area contributed by atoms with Crippen LogP contribution in [0.2, 0.25) is 5.02 Å². The predicted octanol–water partition coefficient (Wildman–Crippen LogP) is 2.63. The van der Waals surface area contributed by atoms with E-state index in [1.807, 2.05) is 0 Å². The van der Waals surface area contributed by atoms with Crippen molar-refractivity contribution >= 4 is 11.6 Å². The van der Waals surface area contributed by atoms with Crippen LogP contribution in [0, 0.1) is 5.82 Å². The van der Waals surface area contributed by atoms with Crippen LogP contribution in [-0.2, 0) is 6.42 Å². The molecule has 2 rings (SSSR count). The Bertz CT molecular complexity index is 594. The van der Waals surface area contributed by atoms with E-state index in [0.717, 1.165) is 0 Å². The minimum atomic E-state index is -0.440. The van der Waals surface area contributed by atoms with Crippen molar-refractivity contribution in [3.05, 3.63) is 58.6 Å². The van der Waals surface area contributed by atoms with Gasteiger partial charge in [0.1, 0.15) is 17.3 Å². The lowest BCUT2D eigenvalue weighted by molar-refractivity contribution is 0.393. The van der Waals surface area contributed by atoms with Gasteiger partial charge in [-0.05, 0) is 30.2 Å². The van der Waals surface area contributed by atoms with Crippen molar-refractivity contribution in [1.82, 2.24) is 10.4 Å². The van der Waals surface area contributed by atoms with Gasteiger partial charge in [-0.1, -0.05) is 23.7 Å². The number of halogens is 2. The number of hydrogen-bond acceptors (Lipinski definition) is 4. The Hall–Kier alpha value is -1.69. The standard InChI is InChI=1S/C14H15ClFN3O/c1-20-12-6-3-7-18-14(12)11(19-17)8-9-4-2-5-10(15)13(9)16/h2-7,11,19H,8,17H2,1H3. The molecule has 1 atom stereocenters. The molecule has 0 aliphatic heterocycles. The van der Waals surface area contributed by atoms with E-state index in [2.05, 4.69) is 10.4 Å². The number of nitrogens with one attached hydrogen (secondary N) is 1. The maximum Gasteiger partial charge on any atom is 0.145 e. The summed E-state index contributed by atoms with van der Waals surface area (Å²) in [7, 11) is 1.55. The maximum atomic E-state index is 13.9. The van der Waals surface area contributed by atoms with Crippen molar-refractivity contribution in [2.75, 3.05) is 7.11 Å². The van der Waals surface area contributed by atoms with Crippen molar-refractivity contribution in [3.63, 3.8) is 0 Å². The number of rotatable bonds is 5. The number of aromatic nitrogens is 1. The number of benzene rings is 1. The summed E-state index contributed by atoms with van der Waals surface area (Å²) in [6, 6.07) is 8.04. The summed E-state index contributed by atoms with van der Waals surface area (Å²) >= 11 is 5.78. The first-order valence-electron chi connectivity index (χ1n) is 6.05. The van der Waals surface area contributed by atoms with Gasteiger partial charge in [0.2, 0.25) is 0 Å². The first-order valence-corrected chi connectivity index (χ1v) is 6.43. The molecule has 1 heterocycles. The Morgan fingerprint density at radius 3 is 2.90 bits per heavy atom. The highest BCUT2D eigenvalue weighted by Crippen LogP contribution is 2.27. The van der Waals surface area contributed by atoms with Crippen LogP contribution in [0.15, 0.2) is 36.5 Å². The molecule has 3 N–H and O–H groups in total. The summed E-state index contributed by atoms with van der Waals surface area (Å²) in [5.74, 6) is 5.72. The highest BCUT2D eigenvalue weighted by atomic mass is 35.5. The van der Waals surface area contributed by atoms with Gasteiger partial charge >= 0.3 is 0 Å². The van der Waals surface area contributed by atoms with E-state index in [1.165, 1.54) is 6.07 Å². The number of hydrogen-bond donors (Lipinski definition) is 2. The molecule has 0 amide bonds. The Morgan fingerprint density at radius 2 is 2.20 bits per heavy atom. The maximum absolute atomic E-state index is 13.9. The van der Waals surface area contributed by atoms with Gasteiger partial charge < -0.3 is 4.74 Å². The van der Waals surface area contributed by atoms with Crippen molar-refractivity contribution in [2.24, 2.45) is 5.84 Å². The van der Waals surface area contributed by atoms with Crippen molar-refractivity contribution in [1.29, 1.82) is 0 Å². The van der Waals surface area contributed by atoms with Gasteiger partial charge in [0.15, 0.2) is 0 Å². The van der Waals surface area contributed by atoms with Gasteiger partial charge in [-0.25, -0.2) is 4.39 Å². The van der Waals surface area contributed by atoms with Crippen molar-refractivity contribution in [2.45, 2.75) is 12.5 Å². The zero-order valence-electron chi connectivity index (χ0n) is 10.9. The second-order valence-electron chi connectivity index (χ2n) is 4.23. The number of hydrazine groups is 1. The lowest BCUT2D eigenvalue weighted by atomic mass is 10.0.